The first-order valence-corrected chi connectivity index (χ1v) is 11.2. The van der Waals surface area contributed by atoms with E-state index in [-0.39, 0.29) is 16.5 Å². The van der Waals surface area contributed by atoms with Gasteiger partial charge in [-0.15, -0.1) is 0 Å². The van der Waals surface area contributed by atoms with E-state index in [1.807, 2.05) is 12.1 Å². The molecule has 0 atom stereocenters. The van der Waals surface area contributed by atoms with E-state index in [9.17, 15) is 8.42 Å². The van der Waals surface area contributed by atoms with E-state index in [0.29, 0.717) is 33.1 Å². The number of nitrogens with one attached hydrogen (secondary N) is 2. The first-order chi connectivity index (χ1) is 14.9. The van der Waals surface area contributed by atoms with Crippen LogP contribution in [0.25, 0.3) is 11.0 Å². The van der Waals surface area contributed by atoms with E-state index in [0.717, 1.165) is 0 Å². The van der Waals surface area contributed by atoms with Gasteiger partial charge in [0, 0.05) is 6.07 Å². The highest BCUT2D eigenvalue weighted by molar-refractivity contribution is 7.92. The van der Waals surface area contributed by atoms with Crippen molar-refractivity contribution in [3.8, 4) is 5.75 Å². The summed E-state index contributed by atoms with van der Waals surface area (Å²) in [6, 6.07) is 19.0. The van der Waals surface area contributed by atoms with E-state index in [4.69, 9.17) is 16.3 Å². The zero-order chi connectivity index (χ0) is 22.0. The summed E-state index contributed by atoms with van der Waals surface area (Å²) in [6.07, 6.45) is 0. The Morgan fingerprint density at radius 2 is 1.55 bits per heavy atom. The fourth-order valence-electron chi connectivity index (χ4n) is 3.05. The molecule has 158 valence electrons. The van der Waals surface area contributed by atoms with E-state index in [1.54, 1.807) is 62.6 Å². The van der Waals surface area contributed by atoms with E-state index in [2.05, 4.69) is 20.0 Å². The number of hydrogen-bond donors (Lipinski definition) is 2. The van der Waals surface area contributed by atoms with Crippen LogP contribution >= 0.6 is 11.6 Å². The maximum Gasteiger partial charge on any atom is 0.263 e. The highest BCUT2D eigenvalue weighted by Crippen LogP contribution is 2.32. The molecule has 0 fully saturated rings. The average molecular weight is 455 g/mol. The second-order valence-corrected chi connectivity index (χ2v) is 8.81. The zero-order valence-electron chi connectivity index (χ0n) is 16.8. The summed E-state index contributed by atoms with van der Waals surface area (Å²) in [5.74, 6) is 0.856. The van der Waals surface area contributed by atoms with Crippen LogP contribution in [0.5, 0.6) is 5.75 Å². The molecule has 0 aliphatic carbocycles. The first-order valence-electron chi connectivity index (χ1n) is 9.33. The number of aryl methyl sites for hydroxylation is 1. The molecule has 4 aromatic rings. The number of ether oxygens (including phenoxy) is 1. The highest BCUT2D eigenvalue weighted by Gasteiger charge is 2.21. The van der Waals surface area contributed by atoms with Crippen molar-refractivity contribution < 1.29 is 13.2 Å². The summed E-state index contributed by atoms with van der Waals surface area (Å²) < 4.78 is 34.0. The van der Waals surface area contributed by atoms with E-state index in [1.165, 1.54) is 6.07 Å². The number of aromatic nitrogens is 2. The maximum absolute atomic E-state index is 13.1. The lowest BCUT2D eigenvalue weighted by Crippen LogP contribution is -2.17. The lowest BCUT2D eigenvalue weighted by molar-refractivity contribution is 0.415. The van der Waals surface area contributed by atoms with E-state index >= 15 is 0 Å². The van der Waals surface area contributed by atoms with Gasteiger partial charge in [0.05, 0.1) is 33.7 Å². The normalized spacial score (nSPS) is 11.3. The van der Waals surface area contributed by atoms with Gasteiger partial charge in [0.15, 0.2) is 11.6 Å². The second-order valence-electron chi connectivity index (χ2n) is 6.75. The number of fused-ring (bicyclic) bond motifs is 1. The van der Waals surface area contributed by atoms with Crippen LogP contribution in [0.15, 0.2) is 71.6 Å². The molecule has 0 bridgehead atoms. The van der Waals surface area contributed by atoms with Gasteiger partial charge in [-0.2, -0.15) is 0 Å². The van der Waals surface area contributed by atoms with Crippen molar-refractivity contribution in [3.05, 3.63) is 77.3 Å². The summed E-state index contributed by atoms with van der Waals surface area (Å²) in [4.78, 5) is 9.22. The highest BCUT2D eigenvalue weighted by atomic mass is 35.5. The van der Waals surface area contributed by atoms with Gasteiger partial charge in [-0.05, 0) is 42.8 Å². The molecule has 0 saturated carbocycles. The van der Waals surface area contributed by atoms with Crippen molar-refractivity contribution in [2.75, 3.05) is 17.1 Å². The van der Waals surface area contributed by atoms with Crippen LogP contribution in [0, 0.1) is 6.92 Å². The van der Waals surface area contributed by atoms with Crippen molar-refractivity contribution in [3.63, 3.8) is 0 Å². The average Bonchev–Trinajstić information content (AvgIpc) is 2.75. The molecular formula is C22H19ClN4O3S. The molecule has 31 heavy (non-hydrogen) atoms. The molecule has 0 amide bonds. The summed E-state index contributed by atoms with van der Waals surface area (Å²) in [6.45, 7) is 1.73. The smallest absolute Gasteiger partial charge is 0.263 e. The number of hydrogen-bond acceptors (Lipinski definition) is 6. The van der Waals surface area contributed by atoms with Gasteiger partial charge in [-0.1, -0.05) is 41.9 Å². The largest absolute Gasteiger partial charge is 0.497 e. The Hall–Kier alpha value is -3.36. The minimum Gasteiger partial charge on any atom is -0.497 e. The summed E-state index contributed by atoms with van der Waals surface area (Å²) in [5, 5.41) is 3.50. The second kappa shape index (κ2) is 8.41. The molecule has 0 saturated heterocycles. The van der Waals surface area contributed by atoms with Gasteiger partial charge < -0.3 is 10.1 Å². The molecule has 9 heteroatoms. The van der Waals surface area contributed by atoms with Crippen molar-refractivity contribution in [2.24, 2.45) is 0 Å². The monoisotopic (exact) mass is 454 g/mol. The lowest BCUT2D eigenvalue weighted by Gasteiger charge is -2.15. The third-order valence-corrected chi connectivity index (χ3v) is 6.44. The van der Waals surface area contributed by atoms with Crippen LogP contribution in [0.2, 0.25) is 5.02 Å². The van der Waals surface area contributed by atoms with Crippen molar-refractivity contribution in [2.45, 2.75) is 11.8 Å². The third kappa shape index (κ3) is 4.40. The van der Waals surface area contributed by atoms with Gasteiger partial charge in [-0.3, -0.25) is 4.72 Å². The molecule has 0 radical (unpaired) electrons. The Morgan fingerprint density at radius 3 is 2.23 bits per heavy atom. The molecule has 2 N–H and O–H groups in total. The van der Waals surface area contributed by atoms with Crippen LogP contribution in [0.4, 0.5) is 17.3 Å². The Labute approximate surface area is 185 Å². The fourth-order valence-corrected chi connectivity index (χ4v) is 4.47. The number of para-hydroxylation sites is 2. The molecule has 1 aromatic heterocycles. The number of methoxy groups -OCH3 is 1. The minimum atomic E-state index is -3.90. The number of anilines is 3. The predicted molar refractivity (Wildman–Crippen MR) is 123 cm³/mol. The Morgan fingerprint density at radius 1 is 0.903 bits per heavy atom. The first kappa shape index (κ1) is 20.9. The SMILES string of the molecule is COc1ccc(Cl)c(Nc2nc3ccccc3nc2NS(=O)(=O)c2ccccc2C)c1. The molecular weight excluding hydrogens is 436 g/mol. The quantitative estimate of drug-likeness (QED) is 0.418. The molecule has 0 aliphatic heterocycles. The number of halogens is 1. The Balaban J connectivity index is 1.82. The molecule has 1 heterocycles. The Kier molecular flexibility index (Phi) is 5.67. The molecule has 0 aliphatic rings. The van der Waals surface area contributed by atoms with Crippen LogP contribution < -0.4 is 14.8 Å². The van der Waals surface area contributed by atoms with Gasteiger partial charge >= 0.3 is 0 Å². The molecule has 0 unspecified atom stereocenters. The van der Waals surface area contributed by atoms with Crippen LogP contribution in [-0.2, 0) is 10.0 Å². The van der Waals surface area contributed by atoms with Gasteiger partial charge in [-0.25, -0.2) is 18.4 Å². The van der Waals surface area contributed by atoms with Crippen LogP contribution in [0.3, 0.4) is 0 Å². The minimum absolute atomic E-state index is 0.0563. The van der Waals surface area contributed by atoms with Gasteiger partial charge in [0.1, 0.15) is 5.75 Å². The van der Waals surface area contributed by atoms with Crippen LogP contribution in [0.1, 0.15) is 5.56 Å². The summed E-state index contributed by atoms with van der Waals surface area (Å²) in [7, 11) is -2.35. The number of benzene rings is 3. The third-order valence-electron chi connectivity index (χ3n) is 4.61. The molecule has 3 aromatic carbocycles. The van der Waals surface area contributed by atoms with E-state index < -0.39 is 10.0 Å². The van der Waals surface area contributed by atoms with Crippen molar-refractivity contribution in [1.29, 1.82) is 0 Å². The molecule has 4 rings (SSSR count). The summed E-state index contributed by atoms with van der Waals surface area (Å²) in [5.41, 5.74) is 2.27. The number of rotatable bonds is 6. The number of sulfonamides is 1. The van der Waals surface area contributed by atoms with Crippen molar-refractivity contribution >= 4 is 50.0 Å². The van der Waals surface area contributed by atoms with Gasteiger partial charge in [0.25, 0.3) is 10.0 Å². The summed E-state index contributed by atoms with van der Waals surface area (Å²) >= 11 is 6.32. The molecule has 7 nitrogen and oxygen atoms in total. The lowest BCUT2D eigenvalue weighted by atomic mass is 10.2. The predicted octanol–water partition coefficient (Wildman–Crippen LogP) is 5.14. The van der Waals surface area contributed by atoms with Crippen molar-refractivity contribution in [1.82, 2.24) is 9.97 Å². The zero-order valence-corrected chi connectivity index (χ0v) is 18.3. The maximum atomic E-state index is 13.1. The fraction of sp³-hybridized carbons (Fsp3) is 0.0909. The van der Waals surface area contributed by atoms with Gasteiger partial charge in [0.2, 0.25) is 0 Å². The standard InChI is InChI=1S/C22H19ClN4O3S/c1-14-7-3-6-10-20(14)31(28,29)27-22-21(24-17-8-4-5-9-18(17)25-22)26-19-13-15(30-2)11-12-16(19)23/h3-13H,1-2H3,(H,24,26)(H,25,27). The van der Waals surface area contributed by atoms with Crippen LogP contribution in [-0.4, -0.2) is 25.5 Å². The topological polar surface area (TPSA) is 93.2 Å². The number of nitrogens with zero attached hydrogens (tertiary/aromatic N) is 2. The molecule has 0 spiro atoms. The Bertz CT molecular complexity index is 1380.